The molecule has 210 valence electrons. The number of aliphatic hydroxyl groups excluding tert-OH is 4. The van der Waals surface area contributed by atoms with E-state index in [-0.39, 0.29) is 5.95 Å². The predicted molar refractivity (Wildman–Crippen MR) is 149 cm³/mol. The second-order valence-corrected chi connectivity index (χ2v) is 12.2. The molecule has 0 radical (unpaired) electrons. The van der Waals surface area contributed by atoms with Crippen LogP contribution in [-0.4, -0.2) is 83.9 Å². The number of imidazole rings is 1. The number of nitrogens with zero attached hydrogens (tertiary/aromatic N) is 4. The number of aliphatic hydroxyl groups is 4. The topological polar surface area (TPSA) is 178 Å². The molecule has 38 heavy (non-hydrogen) atoms. The van der Waals surface area contributed by atoms with Crippen molar-refractivity contribution in [1.82, 2.24) is 19.5 Å². The zero-order chi connectivity index (χ0) is 27.1. The fourth-order valence-corrected chi connectivity index (χ4v) is 5.93. The number of hydrogen-bond acceptors (Lipinski definition) is 12. The molecule has 0 unspecified atom stereocenters. The van der Waals surface area contributed by atoms with E-state index in [1.165, 1.54) is 2.88 Å². The summed E-state index contributed by atoms with van der Waals surface area (Å²) in [6, 6.07) is 4.07. The van der Waals surface area contributed by atoms with Gasteiger partial charge in [-0.25, -0.2) is 4.98 Å². The van der Waals surface area contributed by atoms with Gasteiger partial charge in [-0.15, -0.1) is 11.3 Å². The van der Waals surface area contributed by atoms with Gasteiger partial charge in [0.25, 0.3) is 0 Å². The number of aromatic nitrogens is 4. The summed E-state index contributed by atoms with van der Waals surface area (Å²) in [6.07, 6.45) is 1.35. The number of thiophene rings is 1. The molecule has 0 aromatic carbocycles. The third kappa shape index (κ3) is 7.50. The summed E-state index contributed by atoms with van der Waals surface area (Å²) in [5, 5.41) is 38.9. The highest BCUT2D eigenvalue weighted by atomic mass is 127. The molecule has 0 spiro atoms. The number of nitrogen functional groups attached to an aromatic ring is 1. The Morgan fingerprint density at radius 3 is 2.53 bits per heavy atom. The highest BCUT2D eigenvalue weighted by Crippen LogP contribution is 2.26. The van der Waals surface area contributed by atoms with Crippen molar-refractivity contribution in [2.75, 3.05) is 18.9 Å². The fourth-order valence-electron chi connectivity index (χ4n) is 4.26. The normalized spacial score (nSPS) is 23.8. The van der Waals surface area contributed by atoms with Gasteiger partial charge in [0.05, 0.1) is 15.8 Å². The second-order valence-electron chi connectivity index (χ2n) is 9.18. The Kier molecular flexibility index (Phi) is 10.9. The highest BCUT2D eigenvalue weighted by molar-refractivity contribution is 14.1. The summed E-state index contributed by atoms with van der Waals surface area (Å²) in [4.78, 5) is 14.2. The van der Waals surface area contributed by atoms with Crippen molar-refractivity contribution in [2.45, 2.75) is 82.4 Å². The third-order valence-corrected chi connectivity index (χ3v) is 8.22. The standard InChI is InChI=1S/C24H34IN5O7S/c25-16-8-7-14(38-16)12-36-22-17-21(28-24(26)29-22)30(13-27-17)9-5-3-1-2-4-6-10-35-23-20(34)19(33)18(32)15(11-31)37-23/h7-8,13,15,18-20,23,31-34H,1-6,9-12H2,(H2,26,28,29)/t15-,18-,19+,20-,23-/m1/s1. The van der Waals surface area contributed by atoms with Crippen LogP contribution >= 0.6 is 33.9 Å². The van der Waals surface area contributed by atoms with Crippen molar-refractivity contribution < 1.29 is 34.6 Å². The van der Waals surface area contributed by atoms with Gasteiger partial charge in [-0.05, 0) is 47.6 Å². The van der Waals surface area contributed by atoms with Crippen LogP contribution in [-0.2, 0) is 22.6 Å². The number of unbranched alkanes of at least 4 members (excludes halogenated alkanes) is 5. The summed E-state index contributed by atoms with van der Waals surface area (Å²) >= 11 is 3.94. The second kappa shape index (κ2) is 14.1. The minimum atomic E-state index is -1.42. The molecule has 14 heteroatoms. The number of hydrogen-bond donors (Lipinski definition) is 5. The maximum absolute atomic E-state index is 10.0. The molecule has 0 amide bonds. The lowest BCUT2D eigenvalue weighted by Gasteiger charge is -2.39. The Bertz CT molecular complexity index is 1160. The summed E-state index contributed by atoms with van der Waals surface area (Å²) in [5.41, 5.74) is 7.20. The summed E-state index contributed by atoms with van der Waals surface area (Å²) in [6.45, 7) is 1.04. The average molecular weight is 664 g/mol. The molecule has 3 aromatic heterocycles. The average Bonchev–Trinajstić information content (AvgIpc) is 3.51. The number of ether oxygens (including phenoxy) is 3. The minimum Gasteiger partial charge on any atom is -0.470 e. The van der Waals surface area contributed by atoms with E-state index in [1.807, 2.05) is 16.7 Å². The minimum absolute atomic E-state index is 0.154. The van der Waals surface area contributed by atoms with E-state index in [0.717, 1.165) is 49.9 Å². The summed E-state index contributed by atoms with van der Waals surface area (Å²) in [7, 11) is 0. The van der Waals surface area contributed by atoms with Crippen molar-refractivity contribution in [2.24, 2.45) is 0 Å². The molecule has 5 atom stereocenters. The molecule has 4 heterocycles. The SMILES string of the molecule is Nc1nc(OCc2ccc(I)s2)c2ncn(CCCCCCCCO[C@@H]3O[C@H](CO)[C@@H](O)[C@H](O)[C@H]3O)c2n1. The van der Waals surface area contributed by atoms with Crippen molar-refractivity contribution >= 4 is 51.0 Å². The van der Waals surface area contributed by atoms with Crippen LogP contribution in [0.3, 0.4) is 0 Å². The molecule has 1 saturated heterocycles. The van der Waals surface area contributed by atoms with Crippen LogP contribution in [0.2, 0.25) is 0 Å². The van der Waals surface area contributed by atoms with Crippen LogP contribution in [0.1, 0.15) is 43.4 Å². The molecule has 0 bridgehead atoms. The van der Waals surface area contributed by atoms with Crippen LogP contribution in [0.25, 0.3) is 11.2 Å². The predicted octanol–water partition coefficient (Wildman–Crippen LogP) is 1.81. The Morgan fingerprint density at radius 2 is 1.79 bits per heavy atom. The van der Waals surface area contributed by atoms with Crippen molar-refractivity contribution in [3.8, 4) is 5.88 Å². The molecular formula is C24H34IN5O7S. The maximum atomic E-state index is 10.0. The lowest BCUT2D eigenvalue weighted by Crippen LogP contribution is -2.59. The molecular weight excluding hydrogens is 629 g/mol. The van der Waals surface area contributed by atoms with E-state index < -0.39 is 37.3 Å². The molecule has 1 aliphatic rings. The number of nitrogens with two attached hydrogens (primary N) is 1. The fraction of sp³-hybridized carbons (Fsp3) is 0.625. The Hall–Kier alpha value is -1.66. The number of fused-ring (bicyclic) bond motifs is 1. The number of halogens is 1. The van der Waals surface area contributed by atoms with Crippen LogP contribution in [0.4, 0.5) is 5.95 Å². The van der Waals surface area contributed by atoms with Crippen molar-refractivity contribution in [1.29, 1.82) is 0 Å². The van der Waals surface area contributed by atoms with Gasteiger partial charge < -0.3 is 44.9 Å². The Balaban J connectivity index is 1.14. The van der Waals surface area contributed by atoms with Gasteiger partial charge in [0.2, 0.25) is 11.8 Å². The lowest BCUT2D eigenvalue weighted by molar-refractivity contribution is -0.301. The van der Waals surface area contributed by atoms with Crippen molar-refractivity contribution in [3.05, 3.63) is 26.2 Å². The number of rotatable bonds is 14. The van der Waals surface area contributed by atoms with Gasteiger partial charge in [0, 0.05) is 18.0 Å². The smallest absolute Gasteiger partial charge is 0.247 e. The Labute approximate surface area is 237 Å². The summed E-state index contributed by atoms with van der Waals surface area (Å²) in [5.74, 6) is 0.543. The first-order chi connectivity index (χ1) is 18.4. The van der Waals surface area contributed by atoms with Crippen LogP contribution in [0.15, 0.2) is 18.5 Å². The molecule has 6 N–H and O–H groups in total. The third-order valence-electron chi connectivity index (χ3n) is 6.35. The monoisotopic (exact) mass is 663 g/mol. The van der Waals surface area contributed by atoms with Gasteiger partial charge in [-0.3, -0.25) is 0 Å². The molecule has 12 nitrogen and oxygen atoms in total. The van der Waals surface area contributed by atoms with Crippen LogP contribution < -0.4 is 10.5 Å². The van der Waals surface area contributed by atoms with E-state index in [9.17, 15) is 20.4 Å². The van der Waals surface area contributed by atoms with E-state index in [2.05, 4.69) is 37.5 Å². The van der Waals surface area contributed by atoms with Gasteiger partial charge in [0.15, 0.2) is 17.5 Å². The molecule has 1 fully saturated rings. The van der Waals surface area contributed by atoms with Crippen molar-refractivity contribution in [3.63, 3.8) is 0 Å². The molecule has 1 aliphatic heterocycles. The summed E-state index contributed by atoms with van der Waals surface area (Å²) < 4.78 is 19.9. The zero-order valence-corrected chi connectivity index (χ0v) is 23.8. The molecule has 0 saturated carbocycles. The number of aryl methyl sites for hydroxylation is 1. The van der Waals surface area contributed by atoms with E-state index in [0.29, 0.717) is 30.3 Å². The quantitative estimate of drug-likeness (QED) is 0.126. The molecule has 4 rings (SSSR count). The largest absolute Gasteiger partial charge is 0.470 e. The first kappa shape index (κ1) is 29.3. The molecule has 0 aliphatic carbocycles. The number of anilines is 1. The maximum Gasteiger partial charge on any atom is 0.247 e. The van der Waals surface area contributed by atoms with E-state index in [1.54, 1.807) is 17.7 Å². The van der Waals surface area contributed by atoms with Gasteiger partial charge in [0.1, 0.15) is 31.0 Å². The first-order valence-electron chi connectivity index (χ1n) is 12.6. The molecule has 3 aromatic rings. The van der Waals surface area contributed by atoms with Crippen LogP contribution in [0, 0.1) is 2.88 Å². The zero-order valence-electron chi connectivity index (χ0n) is 20.9. The van der Waals surface area contributed by atoms with Gasteiger partial charge in [-0.2, -0.15) is 9.97 Å². The van der Waals surface area contributed by atoms with Crippen LogP contribution in [0.5, 0.6) is 5.88 Å². The van der Waals surface area contributed by atoms with E-state index >= 15 is 0 Å². The lowest BCUT2D eigenvalue weighted by atomic mass is 9.99. The van der Waals surface area contributed by atoms with Gasteiger partial charge >= 0.3 is 0 Å². The first-order valence-corrected chi connectivity index (χ1v) is 14.5. The Morgan fingerprint density at radius 1 is 1.03 bits per heavy atom. The van der Waals surface area contributed by atoms with Gasteiger partial charge in [-0.1, -0.05) is 25.7 Å². The highest BCUT2D eigenvalue weighted by Gasteiger charge is 2.43. The van der Waals surface area contributed by atoms with E-state index in [4.69, 9.17) is 19.9 Å².